The number of nitrogens with zero attached hydrogens (tertiary/aromatic N) is 3. The van der Waals surface area contributed by atoms with Crippen molar-refractivity contribution in [2.24, 2.45) is 0 Å². The number of fused-ring (bicyclic) bond motifs is 1. The number of methoxy groups -OCH3 is 1. The molecule has 3 heterocycles. The van der Waals surface area contributed by atoms with E-state index < -0.39 is 0 Å². The molecule has 0 bridgehead atoms. The molecule has 1 atom stereocenters. The zero-order valence-corrected chi connectivity index (χ0v) is 17.0. The largest absolute Gasteiger partial charge is 0.451 e. The van der Waals surface area contributed by atoms with Gasteiger partial charge in [0.25, 0.3) is 5.91 Å². The molecule has 1 unspecified atom stereocenters. The summed E-state index contributed by atoms with van der Waals surface area (Å²) in [6.07, 6.45) is 1.59. The van der Waals surface area contributed by atoms with Crippen LogP contribution >= 0.6 is 0 Å². The number of nitrogens with one attached hydrogen (secondary N) is 1. The molecule has 0 saturated heterocycles. The molecule has 0 aliphatic carbocycles. The minimum absolute atomic E-state index is 0.00934. The van der Waals surface area contributed by atoms with Crippen molar-refractivity contribution in [2.75, 3.05) is 7.11 Å². The standard InChI is InChI=1S/C22H26N4O3/c1-14(2)15-5-4-6-16(11-15)18-8-9-19(29-18)22(27)23-17-7-10-21-24-20(13-28-3)25-26(21)12-17/h4-6,8-9,11,14,17H,7,10,12-13H2,1-3H3,(H,23,27). The maximum absolute atomic E-state index is 12.7. The van der Waals surface area contributed by atoms with E-state index in [2.05, 4.69) is 41.4 Å². The van der Waals surface area contributed by atoms with Gasteiger partial charge in [-0.15, -0.1) is 0 Å². The van der Waals surface area contributed by atoms with Crippen LogP contribution in [0.3, 0.4) is 0 Å². The molecule has 29 heavy (non-hydrogen) atoms. The quantitative estimate of drug-likeness (QED) is 0.691. The molecule has 0 radical (unpaired) electrons. The summed E-state index contributed by atoms with van der Waals surface area (Å²) in [6, 6.07) is 11.8. The fraction of sp³-hybridized carbons (Fsp3) is 0.409. The molecule has 0 fully saturated rings. The van der Waals surface area contributed by atoms with Crippen LogP contribution in [0, 0.1) is 0 Å². The number of furan rings is 1. The number of hydrogen-bond acceptors (Lipinski definition) is 5. The molecular weight excluding hydrogens is 368 g/mol. The zero-order chi connectivity index (χ0) is 20.4. The van der Waals surface area contributed by atoms with E-state index >= 15 is 0 Å². The Kier molecular flexibility index (Phi) is 5.49. The van der Waals surface area contributed by atoms with Crippen LogP contribution in [0.25, 0.3) is 11.3 Å². The molecule has 0 spiro atoms. The lowest BCUT2D eigenvalue weighted by atomic mass is 10.0. The summed E-state index contributed by atoms with van der Waals surface area (Å²) in [7, 11) is 1.62. The summed E-state index contributed by atoms with van der Waals surface area (Å²) < 4.78 is 12.8. The van der Waals surface area contributed by atoms with Crippen LogP contribution in [-0.4, -0.2) is 33.8 Å². The number of benzene rings is 1. The van der Waals surface area contributed by atoms with Gasteiger partial charge in [0.1, 0.15) is 18.2 Å². The van der Waals surface area contributed by atoms with Gasteiger partial charge < -0.3 is 14.5 Å². The smallest absolute Gasteiger partial charge is 0.287 e. The third-order valence-electron chi connectivity index (χ3n) is 5.18. The van der Waals surface area contributed by atoms with Gasteiger partial charge in [0.05, 0.1) is 6.54 Å². The summed E-state index contributed by atoms with van der Waals surface area (Å²) >= 11 is 0. The van der Waals surface area contributed by atoms with Crippen molar-refractivity contribution in [3.8, 4) is 11.3 Å². The van der Waals surface area contributed by atoms with Crippen LogP contribution in [-0.2, 0) is 24.3 Å². The maximum Gasteiger partial charge on any atom is 0.287 e. The van der Waals surface area contributed by atoms with Crippen molar-refractivity contribution in [1.29, 1.82) is 0 Å². The predicted molar refractivity (Wildman–Crippen MR) is 109 cm³/mol. The Balaban J connectivity index is 1.42. The first-order valence-corrected chi connectivity index (χ1v) is 9.96. The molecule has 1 amide bonds. The van der Waals surface area contributed by atoms with Gasteiger partial charge in [-0.05, 0) is 36.1 Å². The van der Waals surface area contributed by atoms with Crippen LogP contribution in [0.1, 0.15) is 54.0 Å². The number of aromatic nitrogens is 3. The Bertz CT molecular complexity index is 1010. The van der Waals surface area contributed by atoms with Gasteiger partial charge in [-0.2, -0.15) is 5.10 Å². The molecule has 4 rings (SSSR count). The summed E-state index contributed by atoms with van der Waals surface area (Å²) in [4.78, 5) is 17.1. The number of carbonyl (C=O) groups excluding carboxylic acids is 1. The Hall–Kier alpha value is -2.93. The van der Waals surface area contributed by atoms with Gasteiger partial charge in [-0.3, -0.25) is 4.79 Å². The highest BCUT2D eigenvalue weighted by molar-refractivity contribution is 5.92. The first kappa shape index (κ1) is 19.4. The van der Waals surface area contributed by atoms with Crippen LogP contribution in [0.4, 0.5) is 0 Å². The lowest BCUT2D eigenvalue weighted by Crippen LogP contribution is -2.41. The minimum atomic E-state index is -0.207. The number of hydrogen-bond donors (Lipinski definition) is 1. The van der Waals surface area contributed by atoms with E-state index in [0.717, 1.165) is 24.2 Å². The molecule has 1 aromatic carbocycles. The summed E-state index contributed by atoms with van der Waals surface area (Å²) in [5.74, 6) is 2.86. The maximum atomic E-state index is 12.7. The molecule has 7 heteroatoms. The van der Waals surface area contributed by atoms with Crippen molar-refractivity contribution in [2.45, 2.75) is 51.8 Å². The van der Waals surface area contributed by atoms with Gasteiger partial charge in [0.15, 0.2) is 11.6 Å². The van der Waals surface area contributed by atoms with Gasteiger partial charge in [-0.1, -0.05) is 32.0 Å². The van der Waals surface area contributed by atoms with E-state index in [-0.39, 0.29) is 11.9 Å². The third-order valence-corrected chi connectivity index (χ3v) is 5.18. The number of ether oxygens (including phenoxy) is 1. The highest BCUT2D eigenvalue weighted by Crippen LogP contribution is 2.26. The van der Waals surface area contributed by atoms with E-state index in [9.17, 15) is 4.79 Å². The second-order valence-electron chi connectivity index (χ2n) is 7.71. The summed E-state index contributed by atoms with van der Waals surface area (Å²) in [5, 5.41) is 7.50. The summed E-state index contributed by atoms with van der Waals surface area (Å²) in [5.41, 5.74) is 2.22. The Morgan fingerprint density at radius 2 is 2.21 bits per heavy atom. The molecule has 1 N–H and O–H groups in total. The normalized spacial score (nSPS) is 16.1. The highest BCUT2D eigenvalue weighted by atomic mass is 16.5. The first-order valence-electron chi connectivity index (χ1n) is 9.96. The minimum Gasteiger partial charge on any atom is -0.451 e. The summed E-state index contributed by atoms with van der Waals surface area (Å²) in [6.45, 7) is 5.30. The van der Waals surface area contributed by atoms with Crippen molar-refractivity contribution in [3.63, 3.8) is 0 Å². The van der Waals surface area contributed by atoms with Gasteiger partial charge >= 0.3 is 0 Å². The van der Waals surface area contributed by atoms with Crippen LogP contribution in [0.2, 0.25) is 0 Å². The van der Waals surface area contributed by atoms with Crippen molar-refractivity contribution in [1.82, 2.24) is 20.1 Å². The van der Waals surface area contributed by atoms with Crippen molar-refractivity contribution >= 4 is 5.91 Å². The molecule has 7 nitrogen and oxygen atoms in total. The number of amides is 1. The topological polar surface area (TPSA) is 82.2 Å². The molecule has 1 aliphatic rings. The van der Waals surface area contributed by atoms with Gasteiger partial charge in [0, 0.05) is 25.1 Å². The average molecular weight is 394 g/mol. The molecular formula is C22H26N4O3. The predicted octanol–water partition coefficient (Wildman–Crippen LogP) is 3.55. The number of carbonyl (C=O) groups is 1. The molecule has 152 valence electrons. The molecule has 1 aliphatic heterocycles. The molecule has 0 saturated carbocycles. The Morgan fingerprint density at radius 3 is 3.00 bits per heavy atom. The second-order valence-corrected chi connectivity index (χ2v) is 7.71. The van der Waals surface area contributed by atoms with E-state index in [0.29, 0.717) is 36.4 Å². The van der Waals surface area contributed by atoms with Gasteiger partial charge in [0.2, 0.25) is 0 Å². The number of rotatable bonds is 6. The SMILES string of the molecule is COCc1nc2n(n1)CC(NC(=O)c1ccc(-c3cccc(C(C)C)c3)o1)CC2. The first-order chi connectivity index (χ1) is 14.0. The third kappa shape index (κ3) is 4.24. The second kappa shape index (κ2) is 8.21. The fourth-order valence-corrected chi connectivity index (χ4v) is 3.59. The molecule has 2 aromatic heterocycles. The van der Waals surface area contributed by atoms with E-state index in [4.69, 9.17) is 9.15 Å². The zero-order valence-electron chi connectivity index (χ0n) is 17.0. The van der Waals surface area contributed by atoms with Crippen LogP contribution < -0.4 is 5.32 Å². The average Bonchev–Trinajstić information content (AvgIpc) is 3.35. The van der Waals surface area contributed by atoms with Crippen molar-refractivity contribution in [3.05, 3.63) is 59.4 Å². The number of aryl methyl sites for hydroxylation is 1. The Labute approximate surface area is 170 Å². The lowest BCUT2D eigenvalue weighted by molar-refractivity contribution is 0.0899. The van der Waals surface area contributed by atoms with E-state index in [1.165, 1.54) is 5.56 Å². The van der Waals surface area contributed by atoms with Crippen LogP contribution in [0.5, 0.6) is 0 Å². The van der Waals surface area contributed by atoms with Crippen LogP contribution in [0.15, 0.2) is 40.8 Å². The van der Waals surface area contributed by atoms with Crippen molar-refractivity contribution < 1.29 is 13.9 Å². The lowest BCUT2D eigenvalue weighted by Gasteiger charge is -2.23. The van der Waals surface area contributed by atoms with Gasteiger partial charge in [-0.25, -0.2) is 9.67 Å². The Morgan fingerprint density at radius 1 is 1.34 bits per heavy atom. The van der Waals surface area contributed by atoms with E-state index in [1.54, 1.807) is 13.2 Å². The highest BCUT2D eigenvalue weighted by Gasteiger charge is 2.24. The molecule has 3 aromatic rings. The van der Waals surface area contributed by atoms with E-state index in [1.807, 2.05) is 22.9 Å². The monoisotopic (exact) mass is 394 g/mol. The fourth-order valence-electron chi connectivity index (χ4n) is 3.59.